The van der Waals surface area contributed by atoms with Crippen LogP contribution in [0.1, 0.15) is 5.56 Å². The molecule has 0 atom stereocenters. The highest BCUT2D eigenvalue weighted by Crippen LogP contribution is 1.98. The molecule has 0 aliphatic rings. The number of primary amides is 1. The summed E-state index contributed by atoms with van der Waals surface area (Å²) < 4.78 is 0. The number of rotatable bonds is 2. The van der Waals surface area contributed by atoms with Crippen LogP contribution in [0.25, 0.3) is 6.08 Å². The number of hydrogen-bond acceptors (Lipinski definition) is 1. The van der Waals surface area contributed by atoms with E-state index in [9.17, 15) is 4.79 Å². The summed E-state index contributed by atoms with van der Waals surface area (Å²) in [4.78, 5) is 10.4. The zero-order chi connectivity index (χ0) is 8.97. The van der Waals surface area contributed by atoms with Gasteiger partial charge in [-0.3, -0.25) is 4.79 Å². The molecule has 1 amide bonds. The van der Waals surface area contributed by atoms with Gasteiger partial charge in [0.2, 0.25) is 5.91 Å². The van der Waals surface area contributed by atoms with Crippen LogP contribution in [-0.2, 0) is 4.79 Å². The molecule has 0 aliphatic carbocycles. The molecule has 1 rings (SSSR count). The third-order valence-corrected chi connectivity index (χ3v) is 1.38. The Morgan fingerprint density at radius 3 is 2.42 bits per heavy atom. The first-order chi connectivity index (χ1) is 5.68. The van der Waals surface area contributed by atoms with E-state index in [2.05, 4.69) is 0 Å². The van der Waals surface area contributed by atoms with Crippen LogP contribution in [0.5, 0.6) is 0 Å². The summed E-state index contributed by atoms with van der Waals surface area (Å²) in [5.74, 6) is -0.452. The van der Waals surface area contributed by atoms with Crippen LogP contribution >= 0.6 is 0 Å². The minimum atomic E-state index is -0.452. The van der Waals surface area contributed by atoms with Crippen LogP contribution in [0, 0.1) is 0 Å². The number of amides is 1. The van der Waals surface area contributed by atoms with Gasteiger partial charge >= 0.3 is 0 Å². The van der Waals surface area contributed by atoms with Crippen molar-refractivity contribution in [1.82, 2.24) is 0 Å². The van der Waals surface area contributed by atoms with Crippen LogP contribution in [0.4, 0.5) is 0 Å². The van der Waals surface area contributed by atoms with Crippen LogP contribution in [-0.4, -0.2) is 13.8 Å². The largest absolute Gasteiger partial charge is 0.366 e. The lowest BCUT2D eigenvalue weighted by Gasteiger charge is -1.93. The number of nitrogens with two attached hydrogens (primary N) is 1. The molecule has 0 unspecified atom stereocenters. The average molecular weight is 157 g/mol. The summed E-state index contributed by atoms with van der Waals surface area (Å²) in [6, 6.07) is 7.16. The maximum atomic E-state index is 10.4. The van der Waals surface area contributed by atoms with Gasteiger partial charge in [-0.2, -0.15) is 0 Å². The van der Waals surface area contributed by atoms with E-state index in [0.717, 1.165) is 5.56 Å². The van der Waals surface area contributed by atoms with E-state index < -0.39 is 5.91 Å². The molecule has 2 nitrogen and oxygen atoms in total. The van der Waals surface area contributed by atoms with Crippen LogP contribution < -0.4 is 11.2 Å². The SMILES string of the molecule is [B]c1ccc(/C=C/C(N)=O)cc1. The quantitative estimate of drug-likeness (QED) is 0.475. The normalized spacial score (nSPS) is 10.3. The minimum absolute atomic E-state index is 0.452. The molecular formula is C9H8BNO. The number of benzene rings is 1. The third-order valence-electron chi connectivity index (χ3n) is 1.38. The number of hydrogen-bond donors (Lipinski definition) is 1. The molecule has 12 heavy (non-hydrogen) atoms. The van der Waals surface area contributed by atoms with Crippen molar-refractivity contribution in [2.45, 2.75) is 0 Å². The van der Waals surface area contributed by atoms with Crippen molar-refractivity contribution < 1.29 is 4.79 Å². The molecule has 1 aromatic carbocycles. The third kappa shape index (κ3) is 2.62. The second kappa shape index (κ2) is 3.76. The van der Waals surface area contributed by atoms with Crippen molar-refractivity contribution in [3.8, 4) is 0 Å². The molecular weight excluding hydrogens is 149 g/mol. The summed E-state index contributed by atoms with van der Waals surface area (Å²) in [5.41, 5.74) is 6.53. The molecule has 58 valence electrons. The highest BCUT2D eigenvalue weighted by molar-refractivity contribution is 6.32. The Bertz CT molecular complexity index is 303. The van der Waals surface area contributed by atoms with Crippen LogP contribution in [0.15, 0.2) is 30.3 Å². The maximum Gasteiger partial charge on any atom is 0.241 e. The van der Waals surface area contributed by atoms with Gasteiger partial charge in [0.25, 0.3) is 0 Å². The van der Waals surface area contributed by atoms with E-state index in [1.165, 1.54) is 6.08 Å². The molecule has 1 aromatic rings. The van der Waals surface area contributed by atoms with Gasteiger partial charge in [-0.25, -0.2) is 0 Å². The van der Waals surface area contributed by atoms with Gasteiger partial charge in [-0.15, -0.1) is 0 Å². The van der Waals surface area contributed by atoms with E-state index in [4.69, 9.17) is 13.6 Å². The summed E-state index contributed by atoms with van der Waals surface area (Å²) in [6.07, 6.45) is 2.95. The van der Waals surface area contributed by atoms with Gasteiger partial charge in [0.05, 0.1) is 0 Å². The van der Waals surface area contributed by atoms with Crippen molar-refractivity contribution in [2.24, 2.45) is 5.73 Å². The van der Waals surface area contributed by atoms with Crippen LogP contribution in [0.2, 0.25) is 0 Å². The average Bonchev–Trinajstić information content (AvgIpc) is 2.03. The van der Waals surface area contributed by atoms with Crippen molar-refractivity contribution in [3.63, 3.8) is 0 Å². The Morgan fingerprint density at radius 2 is 1.92 bits per heavy atom. The lowest BCUT2D eigenvalue weighted by atomic mass is 9.95. The summed E-state index contributed by atoms with van der Waals surface area (Å²) in [5, 5.41) is 0. The highest BCUT2D eigenvalue weighted by Gasteiger charge is 1.87. The van der Waals surface area contributed by atoms with Gasteiger partial charge in [-0.1, -0.05) is 29.7 Å². The molecule has 0 heterocycles. The number of carbonyl (C=O) groups excluding carboxylic acids is 1. The van der Waals surface area contributed by atoms with Crippen molar-refractivity contribution >= 4 is 25.3 Å². The van der Waals surface area contributed by atoms with Gasteiger partial charge in [-0.05, 0) is 11.6 Å². The predicted molar refractivity (Wildman–Crippen MR) is 50.1 cm³/mol. The Balaban J connectivity index is 2.77. The summed E-state index contributed by atoms with van der Waals surface area (Å²) >= 11 is 0. The smallest absolute Gasteiger partial charge is 0.241 e. The van der Waals surface area contributed by atoms with Crippen molar-refractivity contribution in [1.29, 1.82) is 0 Å². The van der Waals surface area contributed by atoms with Crippen molar-refractivity contribution in [2.75, 3.05) is 0 Å². The lowest BCUT2D eigenvalue weighted by Crippen LogP contribution is -2.05. The Kier molecular flexibility index (Phi) is 2.69. The molecule has 0 spiro atoms. The zero-order valence-electron chi connectivity index (χ0n) is 6.53. The molecule has 0 saturated heterocycles. The van der Waals surface area contributed by atoms with E-state index in [0.29, 0.717) is 5.46 Å². The van der Waals surface area contributed by atoms with E-state index in [-0.39, 0.29) is 0 Å². The highest BCUT2D eigenvalue weighted by atomic mass is 16.1. The lowest BCUT2D eigenvalue weighted by molar-refractivity contribution is -0.113. The monoisotopic (exact) mass is 157 g/mol. The standard InChI is InChI=1S/C9H8BNO/c10-8-4-1-7(2-5-8)3-6-9(11)12/h1-6H,(H2,11,12)/b6-3+. The molecule has 0 saturated carbocycles. The molecule has 0 fully saturated rings. The molecule has 2 radical (unpaired) electrons. The summed E-state index contributed by atoms with van der Waals surface area (Å²) in [7, 11) is 5.47. The fourth-order valence-corrected chi connectivity index (χ4v) is 0.785. The minimum Gasteiger partial charge on any atom is -0.366 e. The zero-order valence-corrected chi connectivity index (χ0v) is 6.53. The predicted octanol–water partition coefficient (Wildman–Crippen LogP) is -0.0211. The van der Waals surface area contributed by atoms with E-state index >= 15 is 0 Å². The fraction of sp³-hybridized carbons (Fsp3) is 0. The first-order valence-corrected chi connectivity index (χ1v) is 3.51. The first kappa shape index (κ1) is 8.59. The van der Waals surface area contributed by atoms with Gasteiger partial charge in [0.15, 0.2) is 0 Å². The van der Waals surface area contributed by atoms with Gasteiger partial charge < -0.3 is 5.73 Å². The summed E-state index contributed by atoms with van der Waals surface area (Å²) in [6.45, 7) is 0. The Hall–Kier alpha value is -1.51. The molecule has 0 bridgehead atoms. The van der Waals surface area contributed by atoms with E-state index in [1.54, 1.807) is 18.2 Å². The molecule has 3 heteroatoms. The van der Waals surface area contributed by atoms with Crippen molar-refractivity contribution in [3.05, 3.63) is 35.9 Å². The van der Waals surface area contributed by atoms with E-state index in [1.807, 2.05) is 12.1 Å². The maximum absolute atomic E-state index is 10.4. The Labute approximate surface area is 72.5 Å². The van der Waals surface area contributed by atoms with Gasteiger partial charge in [0, 0.05) is 6.08 Å². The fourth-order valence-electron chi connectivity index (χ4n) is 0.785. The molecule has 0 aromatic heterocycles. The first-order valence-electron chi connectivity index (χ1n) is 3.51. The topological polar surface area (TPSA) is 43.1 Å². The number of carbonyl (C=O) groups is 1. The van der Waals surface area contributed by atoms with Crippen LogP contribution in [0.3, 0.4) is 0 Å². The van der Waals surface area contributed by atoms with Gasteiger partial charge in [0.1, 0.15) is 7.85 Å². The Morgan fingerprint density at radius 1 is 1.33 bits per heavy atom. The molecule has 0 aliphatic heterocycles. The second-order valence-corrected chi connectivity index (χ2v) is 2.40. The molecule has 2 N–H and O–H groups in total. The second-order valence-electron chi connectivity index (χ2n) is 2.40.